The molecule has 1 aromatic heterocycles. The zero-order valence-corrected chi connectivity index (χ0v) is 17.0. The van der Waals surface area contributed by atoms with E-state index < -0.39 is 11.8 Å². The highest BCUT2D eigenvalue weighted by Gasteiger charge is 2.15. The summed E-state index contributed by atoms with van der Waals surface area (Å²) in [5.74, 6) is -0.437. The Labute approximate surface area is 177 Å². The van der Waals surface area contributed by atoms with Gasteiger partial charge in [0.2, 0.25) is 0 Å². The average Bonchev–Trinajstić information content (AvgIpc) is 2.78. The van der Waals surface area contributed by atoms with Crippen LogP contribution in [0.4, 0.5) is 0 Å². The summed E-state index contributed by atoms with van der Waals surface area (Å²) in [6.45, 7) is 1.82. The number of methoxy groups -OCH3 is 1. The summed E-state index contributed by atoms with van der Waals surface area (Å²) in [6.07, 6.45) is 1.41. The second-order valence-electron chi connectivity index (χ2n) is 6.38. The maximum atomic E-state index is 12.7. The van der Waals surface area contributed by atoms with Crippen molar-refractivity contribution in [2.24, 2.45) is 10.8 Å². The Morgan fingerprint density at radius 1 is 1.19 bits per heavy atom. The van der Waals surface area contributed by atoms with Gasteiger partial charge in [0.05, 0.1) is 18.7 Å². The van der Waals surface area contributed by atoms with Gasteiger partial charge in [0.25, 0.3) is 17.4 Å². The Morgan fingerprint density at radius 3 is 2.61 bits per heavy atom. The van der Waals surface area contributed by atoms with E-state index >= 15 is 0 Å². The van der Waals surface area contributed by atoms with Crippen LogP contribution in [0.5, 0.6) is 11.5 Å². The molecule has 0 spiro atoms. The van der Waals surface area contributed by atoms with Gasteiger partial charge in [-0.2, -0.15) is 10.2 Å². The summed E-state index contributed by atoms with van der Waals surface area (Å²) in [7, 11) is 1.45. The molecule has 0 atom stereocenters. The SMILES string of the molecule is CCn1nc(C(=O)N/N=C/c2ccc(OCC(N)=O)c(OC)c2)c2ccccc2c1=O. The number of nitrogens with zero attached hydrogens (tertiary/aromatic N) is 3. The second kappa shape index (κ2) is 9.53. The molecule has 3 N–H and O–H groups in total. The van der Waals surface area contributed by atoms with Crippen molar-refractivity contribution in [2.75, 3.05) is 13.7 Å². The summed E-state index contributed by atoms with van der Waals surface area (Å²) >= 11 is 0. The molecule has 10 nitrogen and oxygen atoms in total. The third-order valence-corrected chi connectivity index (χ3v) is 4.32. The van der Waals surface area contributed by atoms with E-state index in [0.717, 1.165) is 0 Å². The quantitative estimate of drug-likeness (QED) is 0.410. The zero-order valence-electron chi connectivity index (χ0n) is 17.0. The molecular weight excluding hydrogens is 402 g/mol. The van der Waals surface area contributed by atoms with E-state index in [2.05, 4.69) is 15.6 Å². The Bertz CT molecular complexity index is 1220. The highest BCUT2D eigenvalue weighted by molar-refractivity contribution is 6.05. The molecule has 160 valence electrons. The third-order valence-electron chi connectivity index (χ3n) is 4.32. The van der Waals surface area contributed by atoms with Gasteiger partial charge in [0.1, 0.15) is 0 Å². The second-order valence-corrected chi connectivity index (χ2v) is 6.38. The maximum Gasteiger partial charge on any atom is 0.292 e. The number of benzene rings is 2. The molecule has 2 aromatic carbocycles. The molecule has 0 bridgehead atoms. The minimum atomic E-state index is -0.606. The van der Waals surface area contributed by atoms with Crippen molar-refractivity contribution in [1.82, 2.24) is 15.2 Å². The van der Waals surface area contributed by atoms with Gasteiger partial charge in [-0.25, -0.2) is 10.1 Å². The number of carbonyl (C=O) groups excluding carboxylic acids is 2. The average molecular weight is 423 g/mol. The highest BCUT2D eigenvalue weighted by atomic mass is 16.5. The third kappa shape index (κ3) is 4.86. The first-order valence-corrected chi connectivity index (χ1v) is 9.37. The van der Waals surface area contributed by atoms with Crippen LogP contribution < -0.4 is 26.2 Å². The monoisotopic (exact) mass is 423 g/mol. The van der Waals surface area contributed by atoms with Crippen molar-refractivity contribution in [2.45, 2.75) is 13.5 Å². The predicted octanol–water partition coefficient (Wildman–Crippen LogP) is 1.05. The molecule has 0 fully saturated rings. The van der Waals surface area contributed by atoms with Gasteiger partial charge < -0.3 is 15.2 Å². The van der Waals surface area contributed by atoms with Crippen molar-refractivity contribution < 1.29 is 19.1 Å². The van der Waals surface area contributed by atoms with Gasteiger partial charge in [-0.15, -0.1) is 0 Å². The van der Waals surface area contributed by atoms with E-state index in [1.54, 1.807) is 49.4 Å². The fourth-order valence-corrected chi connectivity index (χ4v) is 2.87. The topological polar surface area (TPSA) is 138 Å². The van der Waals surface area contributed by atoms with Crippen LogP contribution in [0.1, 0.15) is 23.0 Å². The predicted molar refractivity (Wildman–Crippen MR) is 114 cm³/mol. The van der Waals surface area contributed by atoms with Crippen LogP contribution in [0, 0.1) is 0 Å². The van der Waals surface area contributed by atoms with Crippen LogP contribution in [0.2, 0.25) is 0 Å². The van der Waals surface area contributed by atoms with Crippen molar-refractivity contribution in [3.63, 3.8) is 0 Å². The molecule has 1 heterocycles. The molecule has 0 aliphatic heterocycles. The number of amides is 2. The van der Waals surface area contributed by atoms with E-state index in [0.29, 0.717) is 34.4 Å². The van der Waals surface area contributed by atoms with Gasteiger partial charge in [-0.3, -0.25) is 14.4 Å². The lowest BCUT2D eigenvalue weighted by atomic mass is 10.1. The molecule has 0 aliphatic rings. The highest BCUT2D eigenvalue weighted by Crippen LogP contribution is 2.27. The van der Waals surface area contributed by atoms with Crippen LogP contribution >= 0.6 is 0 Å². The molecule has 3 rings (SSSR count). The minimum absolute atomic E-state index is 0.0991. The molecule has 0 saturated heterocycles. The van der Waals surface area contributed by atoms with Crippen molar-refractivity contribution in [1.29, 1.82) is 0 Å². The lowest BCUT2D eigenvalue weighted by Crippen LogP contribution is -2.28. The molecule has 10 heteroatoms. The first kappa shape index (κ1) is 21.5. The number of aryl methyl sites for hydroxylation is 1. The van der Waals surface area contributed by atoms with Crippen LogP contribution in [0.15, 0.2) is 52.4 Å². The summed E-state index contributed by atoms with van der Waals surface area (Å²) in [4.78, 5) is 35.9. The number of nitrogens with two attached hydrogens (primary N) is 1. The van der Waals surface area contributed by atoms with E-state index in [4.69, 9.17) is 15.2 Å². The molecule has 3 aromatic rings. The van der Waals surface area contributed by atoms with E-state index in [-0.39, 0.29) is 17.9 Å². The van der Waals surface area contributed by atoms with Gasteiger partial charge in [0.15, 0.2) is 23.8 Å². The molecular formula is C21H21N5O5. The molecule has 31 heavy (non-hydrogen) atoms. The van der Waals surface area contributed by atoms with Gasteiger partial charge in [0, 0.05) is 11.9 Å². The summed E-state index contributed by atoms with van der Waals surface area (Å²) < 4.78 is 11.7. The number of hydrogen-bond acceptors (Lipinski definition) is 7. The normalized spacial score (nSPS) is 10.9. The molecule has 0 saturated carbocycles. The Balaban J connectivity index is 1.80. The molecule has 2 amide bonds. The Hall–Kier alpha value is -4.21. The number of aromatic nitrogens is 2. The van der Waals surface area contributed by atoms with Crippen molar-refractivity contribution in [3.8, 4) is 11.5 Å². The number of hydrazone groups is 1. The van der Waals surface area contributed by atoms with Crippen molar-refractivity contribution >= 4 is 28.8 Å². The first-order chi connectivity index (χ1) is 14.9. The van der Waals surface area contributed by atoms with Crippen molar-refractivity contribution in [3.05, 3.63) is 64.1 Å². The Kier molecular flexibility index (Phi) is 6.61. The van der Waals surface area contributed by atoms with E-state index in [1.165, 1.54) is 18.0 Å². The summed E-state index contributed by atoms with van der Waals surface area (Å²) in [5.41, 5.74) is 7.95. The fourth-order valence-electron chi connectivity index (χ4n) is 2.87. The molecule has 0 unspecified atom stereocenters. The number of fused-ring (bicyclic) bond motifs is 1. The number of rotatable bonds is 8. The lowest BCUT2D eigenvalue weighted by Gasteiger charge is -2.10. The van der Waals surface area contributed by atoms with Gasteiger partial charge in [-0.1, -0.05) is 18.2 Å². The molecule has 0 radical (unpaired) electrons. The Morgan fingerprint density at radius 2 is 1.94 bits per heavy atom. The van der Waals surface area contributed by atoms with Gasteiger partial charge in [-0.05, 0) is 36.8 Å². The van der Waals surface area contributed by atoms with E-state index in [1.807, 2.05) is 0 Å². The number of primary amides is 1. The van der Waals surface area contributed by atoms with Gasteiger partial charge >= 0.3 is 0 Å². The first-order valence-electron chi connectivity index (χ1n) is 9.37. The van der Waals surface area contributed by atoms with Crippen LogP contribution in [0.3, 0.4) is 0 Å². The summed E-state index contributed by atoms with van der Waals surface area (Å²) in [6, 6.07) is 11.7. The van der Waals surface area contributed by atoms with E-state index in [9.17, 15) is 14.4 Å². The lowest BCUT2D eigenvalue weighted by molar-refractivity contribution is -0.119. The smallest absolute Gasteiger partial charge is 0.292 e. The van der Waals surface area contributed by atoms with Crippen LogP contribution in [-0.2, 0) is 11.3 Å². The summed E-state index contributed by atoms with van der Waals surface area (Å²) in [5, 5.41) is 8.98. The fraction of sp³-hybridized carbons (Fsp3) is 0.190. The zero-order chi connectivity index (χ0) is 22.4. The largest absolute Gasteiger partial charge is 0.493 e. The molecule has 0 aliphatic carbocycles. The maximum absolute atomic E-state index is 12.7. The number of hydrogen-bond donors (Lipinski definition) is 2. The number of ether oxygens (including phenoxy) is 2. The standard InChI is InChI=1S/C21H21N5O5/c1-3-26-21(29)15-7-5-4-6-14(15)19(25-26)20(28)24-23-11-13-8-9-16(17(10-13)30-2)31-12-18(22)27/h4-11H,3,12H2,1-2H3,(H2,22,27)(H,24,28)/b23-11+. The number of nitrogens with one attached hydrogen (secondary N) is 1. The van der Waals surface area contributed by atoms with Crippen LogP contribution in [-0.4, -0.2) is 41.5 Å². The number of carbonyl (C=O) groups is 2. The minimum Gasteiger partial charge on any atom is -0.493 e. The van der Waals surface area contributed by atoms with Crippen LogP contribution in [0.25, 0.3) is 10.8 Å².